The number of halogens is 1. The lowest BCUT2D eigenvalue weighted by Gasteiger charge is -2.33. The first-order valence-corrected chi connectivity index (χ1v) is 12.1. The summed E-state index contributed by atoms with van der Waals surface area (Å²) in [5.74, 6) is -0.632. The van der Waals surface area contributed by atoms with Crippen LogP contribution in [0.3, 0.4) is 0 Å². The van der Waals surface area contributed by atoms with E-state index in [-0.39, 0.29) is 30.8 Å². The fourth-order valence-corrected chi connectivity index (χ4v) is 4.42. The summed E-state index contributed by atoms with van der Waals surface area (Å²) in [4.78, 5) is 40.8. The molecule has 184 valence electrons. The van der Waals surface area contributed by atoms with Crippen LogP contribution in [0.1, 0.15) is 60.0 Å². The number of benzene rings is 1. The van der Waals surface area contributed by atoms with Crippen LogP contribution in [-0.2, 0) is 16.1 Å². The molecule has 0 spiro atoms. The lowest BCUT2D eigenvalue weighted by Crippen LogP contribution is -2.49. The van der Waals surface area contributed by atoms with Crippen molar-refractivity contribution < 1.29 is 23.2 Å². The van der Waals surface area contributed by atoms with E-state index in [1.807, 2.05) is 0 Å². The Morgan fingerprint density at radius 1 is 0.971 bits per heavy atom. The Morgan fingerprint density at radius 2 is 1.69 bits per heavy atom. The molecule has 0 bridgehead atoms. The summed E-state index contributed by atoms with van der Waals surface area (Å²) in [7, 11) is 0. The van der Waals surface area contributed by atoms with Gasteiger partial charge in [-0.05, 0) is 54.8 Å². The van der Waals surface area contributed by atoms with Crippen molar-refractivity contribution in [3.8, 4) is 0 Å². The number of nitrogens with zero attached hydrogens (tertiary/aromatic N) is 1. The van der Waals surface area contributed by atoms with Crippen molar-refractivity contribution in [2.45, 2.75) is 50.7 Å². The third-order valence-electron chi connectivity index (χ3n) is 6.07. The Morgan fingerprint density at radius 3 is 2.34 bits per heavy atom. The number of hydrogen-bond donors (Lipinski definition) is 2. The molecule has 0 radical (unpaired) electrons. The van der Waals surface area contributed by atoms with Gasteiger partial charge in [-0.15, -0.1) is 0 Å². The first-order valence-electron chi connectivity index (χ1n) is 11.7. The van der Waals surface area contributed by atoms with Gasteiger partial charge in [-0.2, -0.15) is 0 Å². The number of amides is 3. The number of hydrogen-bond acceptors (Lipinski definition) is 5. The molecule has 4 rings (SSSR count). The molecule has 35 heavy (non-hydrogen) atoms. The third-order valence-corrected chi connectivity index (χ3v) is 6.32. The first-order chi connectivity index (χ1) is 17.0. The van der Waals surface area contributed by atoms with E-state index in [1.165, 1.54) is 23.5 Å². The van der Waals surface area contributed by atoms with Gasteiger partial charge in [0.1, 0.15) is 11.8 Å². The number of rotatable bonds is 9. The number of carbonyl (C=O) groups is 3. The molecule has 1 aliphatic rings. The maximum absolute atomic E-state index is 13.6. The Balaban J connectivity index is 1.60. The lowest BCUT2D eigenvalue weighted by molar-refractivity contribution is -0.141. The smallest absolute Gasteiger partial charge is 0.287 e. The van der Waals surface area contributed by atoms with Crippen molar-refractivity contribution in [1.82, 2.24) is 15.5 Å². The summed E-state index contributed by atoms with van der Waals surface area (Å²) >= 11 is 6.09. The quantitative estimate of drug-likeness (QED) is 0.453. The van der Waals surface area contributed by atoms with Gasteiger partial charge in [0.25, 0.3) is 5.91 Å². The normalized spacial score (nSPS) is 14.8. The largest absolute Gasteiger partial charge is 0.467 e. The lowest BCUT2D eigenvalue weighted by atomic mass is 9.94. The topological polar surface area (TPSA) is 105 Å². The Hall–Kier alpha value is -3.52. The van der Waals surface area contributed by atoms with Gasteiger partial charge in [0, 0.05) is 11.1 Å². The predicted octanol–water partition coefficient (Wildman–Crippen LogP) is 4.47. The predicted molar refractivity (Wildman–Crippen MR) is 130 cm³/mol. The van der Waals surface area contributed by atoms with Crippen LogP contribution in [0.4, 0.5) is 0 Å². The van der Waals surface area contributed by atoms with E-state index in [0.717, 1.165) is 32.1 Å². The van der Waals surface area contributed by atoms with Crippen molar-refractivity contribution in [3.63, 3.8) is 0 Å². The second-order valence-electron chi connectivity index (χ2n) is 8.56. The van der Waals surface area contributed by atoms with Crippen molar-refractivity contribution in [2.24, 2.45) is 0 Å². The second-order valence-corrected chi connectivity index (χ2v) is 9.00. The maximum atomic E-state index is 13.6. The molecule has 1 aliphatic carbocycles. The van der Waals surface area contributed by atoms with Crippen molar-refractivity contribution in [1.29, 1.82) is 0 Å². The Labute approximate surface area is 208 Å². The summed E-state index contributed by atoms with van der Waals surface area (Å²) in [6, 6.07) is 12.5. The molecule has 1 saturated carbocycles. The second kappa shape index (κ2) is 11.8. The van der Waals surface area contributed by atoms with E-state index in [0.29, 0.717) is 16.3 Å². The van der Waals surface area contributed by atoms with E-state index in [4.69, 9.17) is 20.4 Å². The first kappa shape index (κ1) is 24.6. The average molecular weight is 498 g/mol. The molecule has 0 aliphatic heterocycles. The van der Waals surface area contributed by atoms with Crippen LogP contribution in [0.15, 0.2) is 69.9 Å². The molecule has 8 nitrogen and oxygen atoms in total. The van der Waals surface area contributed by atoms with Gasteiger partial charge in [-0.25, -0.2) is 0 Å². The standard InChI is InChI=1S/C26H28ClN3O5/c27-19-12-10-18(11-13-19)24(26(33)29-20-6-2-1-3-7-20)30(17-21-8-4-14-34-21)23(31)16-28-25(32)22-9-5-15-35-22/h4-5,8-15,20,24H,1-3,6-7,16-17H2,(H,28,32)(H,29,33)/t24-/m0/s1. The highest BCUT2D eigenvalue weighted by Gasteiger charge is 2.33. The molecule has 9 heteroatoms. The van der Waals surface area contributed by atoms with Crippen LogP contribution in [0.25, 0.3) is 0 Å². The molecule has 1 aromatic carbocycles. The van der Waals surface area contributed by atoms with Crippen molar-refractivity contribution in [2.75, 3.05) is 6.54 Å². The van der Waals surface area contributed by atoms with Crippen molar-refractivity contribution >= 4 is 29.3 Å². The summed E-state index contributed by atoms with van der Waals surface area (Å²) in [6.07, 6.45) is 7.98. The van der Waals surface area contributed by atoms with Crippen LogP contribution in [-0.4, -0.2) is 35.2 Å². The summed E-state index contributed by atoms with van der Waals surface area (Å²) < 4.78 is 10.6. The number of nitrogens with one attached hydrogen (secondary N) is 2. The molecular formula is C26H28ClN3O5. The molecule has 2 aromatic heterocycles. The van der Waals surface area contributed by atoms with Gasteiger partial charge >= 0.3 is 0 Å². The summed E-state index contributed by atoms with van der Waals surface area (Å²) in [5, 5.41) is 6.23. The van der Waals surface area contributed by atoms with Crippen LogP contribution < -0.4 is 10.6 Å². The van der Waals surface area contributed by atoms with Crippen LogP contribution in [0.2, 0.25) is 5.02 Å². The SMILES string of the molecule is O=C(NCC(=O)N(Cc1ccco1)[C@H](C(=O)NC1CCCCC1)c1ccc(Cl)cc1)c1ccco1. The maximum Gasteiger partial charge on any atom is 0.287 e. The number of furan rings is 2. The molecule has 0 unspecified atom stereocenters. The van der Waals surface area contributed by atoms with Gasteiger partial charge in [0.15, 0.2) is 5.76 Å². The fraction of sp³-hybridized carbons (Fsp3) is 0.346. The van der Waals surface area contributed by atoms with Crippen LogP contribution in [0, 0.1) is 0 Å². The molecule has 2 N–H and O–H groups in total. The van der Waals surface area contributed by atoms with E-state index >= 15 is 0 Å². The van der Waals surface area contributed by atoms with E-state index in [9.17, 15) is 14.4 Å². The Kier molecular flexibility index (Phi) is 8.26. The minimum atomic E-state index is -0.938. The minimum Gasteiger partial charge on any atom is -0.467 e. The van der Waals surface area contributed by atoms with Gasteiger partial charge in [-0.3, -0.25) is 14.4 Å². The van der Waals surface area contributed by atoms with E-state index in [1.54, 1.807) is 42.5 Å². The number of carbonyl (C=O) groups excluding carboxylic acids is 3. The highest BCUT2D eigenvalue weighted by atomic mass is 35.5. The molecule has 0 saturated heterocycles. The zero-order valence-corrected chi connectivity index (χ0v) is 20.0. The molecule has 2 heterocycles. The highest BCUT2D eigenvalue weighted by molar-refractivity contribution is 6.30. The molecule has 1 fully saturated rings. The van der Waals surface area contributed by atoms with Crippen LogP contribution >= 0.6 is 11.6 Å². The average Bonchev–Trinajstić information content (AvgIpc) is 3.58. The van der Waals surface area contributed by atoms with E-state index in [2.05, 4.69) is 10.6 Å². The molecule has 1 atom stereocenters. The van der Waals surface area contributed by atoms with Gasteiger partial charge in [0.05, 0.1) is 25.6 Å². The third kappa shape index (κ3) is 6.54. The van der Waals surface area contributed by atoms with Crippen molar-refractivity contribution in [3.05, 3.63) is 83.2 Å². The molecule has 3 aromatic rings. The molecule has 3 amide bonds. The molecular weight excluding hydrogens is 470 g/mol. The van der Waals surface area contributed by atoms with Gasteiger partial charge < -0.3 is 24.4 Å². The summed E-state index contributed by atoms with van der Waals surface area (Å²) in [5.41, 5.74) is 0.611. The minimum absolute atomic E-state index is 0.0494. The fourth-order valence-electron chi connectivity index (χ4n) is 4.29. The van der Waals surface area contributed by atoms with Gasteiger partial charge in [-0.1, -0.05) is 43.0 Å². The summed E-state index contributed by atoms with van der Waals surface area (Å²) in [6.45, 7) is -0.269. The highest BCUT2D eigenvalue weighted by Crippen LogP contribution is 2.27. The van der Waals surface area contributed by atoms with Crippen LogP contribution in [0.5, 0.6) is 0 Å². The van der Waals surface area contributed by atoms with Gasteiger partial charge in [0.2, 0.25) is 11.8 Å². The monoisotopic (exact) mass is 497 g/mol. The Bertz CT molecular complexity index is 1110. The zero-order chi connectivity index (χ0) is 24.6. The zero-order valence-electron chi connectivity index (χ0n) is 19.2. The van der Waals surface area contributed by atoms with E-state index < -0.39 is 17.9 Å².